The molecular weight excluding hydrogens is 370 g/mol. The Morgan fingerprint density at radius 3 is 2.63 bits per heavy atom. The second kappa shape index (κ2) is 6.86. The van der Waals surface area contributed by atoms with E-state index >= 15 is 0 Å². The van der Waals surface area contributed by atoms with Gasteiger partial charge in [0.2, 0.25) is 0 Å². The third-order valence-electron chi connectivity index (χ3n) is 8.56. The maximum absolute atomic E-state index is 12.1. The number of nitrogen functional groups attached to an aromatic ring is 1. The molecule has 3 nitrogen and oxygen atoms in total. The Morgan fingerprint density at radius 1 is 1.13 bits per heavy atom. The van der Waals surface area contributed by atoms with Crippen LogP contribution in [0.1, 0.15) is 70.3 Å². The molecule has 0 aromatic heterocycles. The van der Waals surface area contributed by atoms with Gasteiger partial charge in [-0.15, -0.1) is 5.92 Å². The third kappa shape index (κ3) is 2.73. The molecular formula is C27H31NO2. The highest BCUT2D eigenvalue weighted by atomic mass is 16.3. The summed E-state index contributed by atoms with van der Waals surface area (Å²) in [6, 6.07) is 8.28. The van der Waals surface area contributed by atoms with Gasteiger partial charge in [-0.05, 0) is 92.2 Å². The van der Waals surface area contributed by atoms with E-state index < -0.39 is 5.60 Å². The Morgan fingerprint density at radius 2 is 1.90 bits per heavy atom. The van der Waals surface area contributed by atoms with E-state index in [0.29, 0.717) is 18.3 Å². The number of nitrogens with two attached hydrogens (primary N) is 1. The number of hydrogen-bond acceptors (Lipinski definition) is 3. The van der Waals surface area contributed by atoms with Crippen molar-refractivity contribution in [1.29, 1.82) is 0 Å². The minimum atomic E-state index is -0.923. The standard InChI is InChI=1S/C27H31NO2/c1-3-13-27(30)14-12-24-22-10-6-18-15-20(29)9-11-21(18)25(22)23(16-26(24,27)2)17-4-7-19(28)8-5-17/h4-5,7-8,15,22-24,30H,6,9-12,14,16,28H2,1-2H3/t22?,23?,24?,26-,27?/m0/s1. The van der Waals surface area contributed by atoms with Gasteiger partial charge in [-0.3, -0.25) is 4.79 Å². The second-order valence-electron chi connectivity index (χ2n) is 9.94. The molecule has 4 aliphatic carbocycles. The van der Waals surface area contributed by atoms with Gasteiger partial charge in [0.05, 0.1) is 0 Å². The molecule has 0 bridgehead atoms. The average Bonchev–Trinajstić information content (AvgIpc) is 2.98. The van der Waals surface area contributed by atoms with Crippen LogP contribution in [0, 0.1) is 29.1 Å². The number of fused-ring (bicyclic) bond motifs is 4. The van der Waals surface area contributed by atoms with Crippen molar-refractivity contribution in [3.05, 3.63) is 52.6 Å². The smallest absolute Gasteiger partial charge is 0.156 e. The molecule has 0 saturated heterocycles. The van der Waals surface area contributed by atoms with Crippen LogP contribution in [0.4, 0.5) is 5.69 Å². The van der Waals surface area contributed by atoms with E-state index in [1.165, 1.54) is 16.7 Å². The summed E-state index contributed by atoms with van der Waals surface area (Å²) in [6.07, 6.45) is 8.11. The lowest BCUT2D eigenvalue weighted by Gasteiger charge is -2.53. The van der Waals surface area contributed by atoms with Gasteiger partial charge >= 0.3 is 0 Å². The first-order chi connectivity index (χ1) is 14.4. The van der Waals surface area contributed by atoms with Crippen LogP contribution in [-0.4, -0.2) is 16.5 Å². The fourth-order valence-electron chi connectivity index (χ4n) is 7.10. The SMILES string of the molecule is CC#CC1(O)CCC2C3CCC4=CC(=O)CCC4=C3C(c3ccc(N)cc3)C[C@@]21C. The molecule has 0 amide bonds. The molecule has 1 aromatic rings. The van der Waals surface area contributed by atoms with Gasteiger partial charge in [-0.25, -0.2) is 0 Å². The zero-order valence-corrected chi connectivity index (χ0v) is 18.0. The van der Waals surface area contributed by atoms with Crippen LogP contribution in [0.15, 0.2) is 47.1 Å². The molecule has 0 heterocycles. The maximum atomic E-state index is 12.1. The number of anilines is 1. The third-order valence-corrected chi connectivity index (χ3v) is 8.56. The zero-order chi connectivity index (χ0) is 21.1. The largest absolute Gasteiger partial charge is 0.399 e. The fourth-order valence-corrected chi connectivity index (χ4v) is 7.10. The van der Waals surface area contributed by atoms with E-state index in [4.69, 9.17) is 5.73 Å². The van der Waals surface area contributed by atoms with Gasteiger partial charge in [-0.1, -0.05) is 30.6 Å². The van der Waals surface area contributed by atoms with Crippen LogP contribution in [0.3, 0.4) is 0 Å². The van der Waals surface area contributed by atoms with Crippen LogP contribution >= 0.6 is 0 Å². The van der Waals surface area contributed by atoms with Crippen molar-refractivity contribution in [2.75, 3.05) is 5.73 Å². The number of aliphatic hydroxyl groups is 1. The molecule has 0 radical (unpaired) electrons. The molecule has 30 heavy (non-hydrogen) atoms. The van der Waals surface area contributed by atoms with Gasteiger partial charge in [0, 0.05) is 23.4 Å². The fraction of sp³-hybridized carbons (Fsp3) is 0.519. The molecule has 4 unspecified atom stereocenters. The second-order valence-corrected chi connectivity index (χ2v) is 9.94. The summed E-state index contributed by atoms with van der Waals surface area (Å²) < 4.78 is 0. The van der Waals surface area contributed by atoms with Gasteiger partial charge in [0.1, 0.15) is 5.60 Å². The van der Waals surface area contributed by atoms with Crippen LogP contribution in [0.2, 0.25) is 0 Å². The Balaban J connectivity index is 1.69. The van der Waals surface area contributed by atoms with E-state index in [-0.39, 0.29) is 17.1 Å². The Labute approximate surface area is 179 Å². The minimum Gasteiger partial charge on any atom is -0.399 e. The molecule has 5 rings (SSSR count). The van der Waals surface area contributed by atoms with Crippen molar-refractivity contribution in [3.8, 4) is 11.8 Å². The lowest BCUT2D eigenvalue weighted by atomic mass is 9.51. The molecule has 4 aliphatic rings. The van der Waals surface area contributed by atoms with E-state index in [1.54, 1.807) is 5.57 Å². The Hall–Kier alpha value is -2.31. The van der Waals surface area contributed by atoms with Crippen molar-refractivity contribution in [1.82, 2.24) is 0 Å². The van der Waals surface area contributed by atoms with E-state index in [0.717, 1.165) is 44.2 Å². The number of benzene rings is 1. The van der Waals surface area contributed by atoms with Crippen molar-refractivity contribution >= 4 is 11.5 Å². The highest BCUT2D eigenvalue weighted by molar-refractivity contribution is 5.93. The van der Waals surface area contributed by atoms with Crippen LogP contribution in [-0.2, 0) is 4.79 Å². The monoisotopic (exact) mass is 401 g/mol. The van der Waals surface area contributed by atoms with Crippen molar-refractivity contribution in [2.24, 2.45) is 17.3 Å². The number of ketones is 1. The summed E-state index contributed by atoms with van der Waals surface area (Å²) in [7, 11) is 0. The molecule has 2 fully saturated rings. The van der Waals surface area contributed by atoms with Crippen molar-refractivity contribution < 1.29 is 9.90 Å². The molecule has 3 heteroatoms. The summed E-state index contributed by atoms with van der Waals surface area (Å²) in [5, 5.41) is 11.6. The molecule has 0 aliphatic heterocycles. The number of carbonyl (C=O) groups excluding carboxylic acids is 1. The van der Waals surface area contributed by atoms with Crippen LogP contribution in [0.5, 0.6) is 0 Å². The van der Waals surface area contributed by atoms with Gasteiger partial charge in [0.25, 0.3) is 0 Å². The first-order valence-corrected chi connectivity index (χ1v) is 11.3. The summed E-state index contributed by atoms with van der Waals surface area (Å²) in [5.74, 6) is 7.64. The lowest BCUT2D eigenvalue weighted by Crippen LogP contribution is -2.51. The maximum Gasteiger partial charge on any atom is 0.156 e. The predicted molar refractivity (Wildman–Crippen MR) is 120 cm³/mol. The van der Waals surface area contributed by atoms with Crippen molar-refractivity contribution in [2.45, 2.75) is 70.3 Å². The Bertz CT molecular complexity index is 1020. The average molecular weight is 402 g/mol. The van der Waals surface area contributed by atoms with Crippen molar-refractivity contribution in [3.63, 3.8) is 0 Å². The number of allylic oxidation sites excluding steroid dienone is 4. The number of carbonyl (C=O) groups is 1. The number of hydrogen-bond donors (Lipinski definition) is 2. The molecule has 3 N–H and O–H groups in total. The first-order valence-electron chi connectivity index (χ1n) is 11.3. The van der Waals surface area contributed by atoms with Crippen LogP contribution < -0.4 is 5.73 Å². The minimum absolute atomic E-state index is 0.234. The summed E-state index contributed by atoms with van der Waals surface area (Å²) in [5.41, 5.74) is 11.1. The molecule has 0 spiro atoms. The van der Waals surface area contributed by atoms with Gasteiger partial charge < -0.3 is 10.8 Å². The molecule has 5 atom stereocenters. The zero-order valence-electron chi connectivity index (χ0n) is 18.0. The molecule has 2 saturated carbocycles. The van der Waals surface area contributed by atoms with E-state index in [1.807, 2.05) is 25.1 Å². The highest BCUT2D eigenvalue weighted by Crippen LogP contribution is 2.66. The first kappa shape index (κ1) is 19.6. The lowest BCUT2D eigenvalue weighted by molar-refractivity contribution is -0.114. The van der Waals surface area contributed by atoms with Crippen LogP contribution in [0.25, 0.3) is 0 Å². The summed E-state index contributed by atoms with van der Waals surface area (Å²) in [6.45, 7) is 4.11. The predicted octanol–water partition coefficient (Wildman–Crippen LogP) is 4.92. The van der Waals surface area contributed by atoms with E-state index in [2.05, 4.69) is 30.9 Å². The van der Waals surface area contributed by atoms with Gasteiger partial charge in [-0.2, -0.15) is 0 Å². The topological polar surface area (TPSA) is 63.3 Å². The van der Waals surface area contributed by atoms with Gasteiger partial charge in [0.15, 0.2) is 5.78 Å². The normalized spacial score (nSPS) is 37.5. The Kier molecular flexibility index (Phi) is 4.49. The highest BCUT2D eigenvalue weighted by Gasteiger charge is 2.62. The number of rotatable bonds is 1. The summed E-state index contributed by atoms with van der Waals surface area (Å²) >= 11 is 0. The van der Waals surface area contributed by atoms with E-state index in [9.17, 15) is 9.90 Å². The molecule has 156 valence electrons. The summed E-state index contributed by atoms with van der Waals surface area (Å²) in [4.78, 5) is 12.1. The quantitative estimate of drug-likeness (QED) is 0.518. The molecule has 1 aromatic carbocycles.